The minimum Gasteiger partial charge on any atom is -0.396 e. The first-order chi connectivity index (χ1) is 7.33. The van der Waals surface area contributed by atoms with Crippen molar-refractivity contribution in [3.05, 3.63) is 48.5 Å². The molecule has 1 unspecified atom stereocenters. The standard InChI is InChI=1S/C12H14N2O/c1-10(8-15)11-4-2-3-5-12(11)14-7-6-13-9-14/h2-7,9-10,15H,8H2,1H3. The monoisotopic (exact) mass is 202 g/mol. The van der Waals surface area contributed by atoms with Gasteiger partial charge in [-0.05, 0) is 11.6 Å². The minimum absolute atomic E-state index is 0.142. The normalized spacial score (nSPS) is 12.7. The first kappa shape index (κ1) is 9.93. The molecule has 0 radical (unpaired) electrons. The molecule has 1 aromatic heterocycles. The van der Waals surface area contributed by atoms with Crippen molar-refractivity contribution in [1.82, 2.24) is 9.55 Å². The van der Waals surface area contributed by atoms with Gasteiger partial charge in [-0.2, -0.15) is 0 Å². The second kappa shape index (κ2) is 4.28. The van der Waals surface area contributed by atoms with E-state index >= 15 is 0 Å². The van der Waals surface area contributed by atoms with Gasteiger partial charge in [-0.25, -0.2) is 4.98 Å². The molecule has 3 heteroatoms. The summed E-state index contributed by atoms with van der Waals surface area (Å²) in [5.74, 6) is 0.142. The van der Waals surface area contributed by atoms with E-state index in [1.165, 1.54) is 0 Å². The summed E-state index contributed by atoms with van der Waals surface area (Å²) in [5.41, 5.74) is 2.22. The van der Waals surface area contributed by atoms with Crippen LogP contribution < -0.4 is 0 Å². The Kier molecular flexibility index (Phi) is 2.83. The van der Waals surface area contributed by atoms with Gasteiger partial charge in [-0.3, -0.25) is 0 Å². The van der Waals surface area contributed by atoms with Gasteiger partial charge in [-0.1, -0.05) is 25.1 Å². The molecule has 0 aliphatic carbocycles. The number of benzene rings is 1. The summed E-state index contributed by atoms with van der Waals surface area (Å²) >= 11 is 0. The maximum atomic E-state index is 9.19. The summed E-state index contributed by atoms with van der Waals surface area (Å²) in [7, 11) is 0. The topological polar surface area (TPSA) is 38.0 Å². The fraction of sp³-hybridized carbons (Fsp3) is 0.250. The highest BCUT2D eigenvalue weighted by Crippen LogP contribution is 2.22. The van der Waals surface area contributed by atoms with Gasteiger partial charge in [0.1, 0.15) is 0 Å². The number of aromatic nitrogens is 2. The molecule has 0 saturated heterocycles. The van der Waals surface area contributed by atoms with Crippen molar-refractivity contribution >= 4 is 0 Å². The van der Waals surface area contributed by atoms with Crippen molar-refractivity contribution in [2.24, 2.45) is 0 Å². The Morgan fingerprint density at radius 1 is 1.40 bits per heavy atom. The molecule has 0 amide bonds. The molecule has 1 N–H and O–H groups in total. The lowest BCUT2D eigenvalue weighted by Gasteiger charge is -2.14. The molecule has 15 heavy (non-hydrogen) atoms. The minimum atomic E-state index is 0.142. The van der Waals surface area contributed by atoms with E-state index in [1.54, 1.807) is 12.5 Å². The first-order valence-electron chi connectivity index (χ1n) is 5.01. The molecule has 78 valence electrons. The largest absolute Gasteiger partial charge is 0.396 e. The van der Waals surface area contributed by atoms with Crippen LogP contribution >= 0.6 is 0 Å². The van der Waals surface area contributed by atoms with E-state index in [2.05, 4.69) is 4.98 Å². The number of hydrogen-bond acceptors (Lipinski definition) is 2. The molecule has 0 fully saturated rings. The van der Waals surface area contributed by atoms with Crippen LogP contribution in [0.5, 0.6) is 0 Å². The van der Waals surface area contributed by atoms with Crippen LogP contribution in [-0.2, 0) is 0 Å². The SMILES string of the molecule is CC(CO)c1ccccc1-n1ccnc1. The number of aliphatic hydroxyl groups is 1. The van der Waals surface area contributed by atoms with Gasteiger partial charge >= 0.3 is 0 Å². The van der Waals surface area contributed by atoms with Crippen LogP contribution in [0.15, 0.2) is 43.0 Å². The molecule has 1 heterocycles. The molecule has 0 bridgehead atoms. The van der Waals surface area contributed by atoms with Gasteiger partial charge in [0.05, 0.1) is 12.0 Å². The highest BCUT2D eigenvalue weighted by molar-refractivity contribution is 5.42. The lowest BCUT2D eigenvalue weighted by molar-refractivity contribution is 0.273. The zero-order valence-electron chi connectivity index (χ0n) is 8.67. The van der Waals surface area contributed by atoms with Crippen molar-refractivity contribution in [3.8, 4) is 5.69 Å². The Hall–Kier alpha value is -1.61. The molecule has 2 aromatic rings. The van der Waals surface area contributed by atoms with E-state index in [9.17, 15) is 5.11 Å². The van der Waals surface area contributed by atoms with Gasteiger partial charge in [0.25, 0.3) is 0 Å². The summed E-state index contributed by atoms with van der Waals surface area (Å²) in [6, 6.07) is 8.05. The number of rotatable bonds is 3. The number of nitrogens with zero attached hydrogens (tertiary/aromatic N) is 2. The first-order valence-corrected chi connectivity index (χ1v) is 5.01. The van der Waals surface area contributed by atoms with Crippen LogP contribution in [0, 0.1) is 0 Å². The van der Waals surface area contributed by atoms with Crippen LogP contribution in [0.3, 0.4) is 0 Å². The molecule has 0 aliphatic heterocycles. The van der Waals surface area contributed by atoms with Crippen molar-refractivity contribution in [1.29, 1.82) is 0 Å². The summed E-state index contributed by atoms with van der Waals surface area (Å²) in [5, 5.41) is 9.19. The van der Waals surface area contributed by atoms with Crippen LogP contribution in [0.25, 0.3) is 5.69 Å². The van der Waals surface area contributed by atoms with E-state index < -0.39 is 0 Å². The van der Waals surface area contributed by atoms with E-state index in [0.717, 1.165) is 11.3 Å². The molecule has 0 saturated carbocycles. The summed E-state index contributed by atoms with van der Waals surface area (Å²) in [6.07, 6.45) is 5.42. The molecule has 2 rings (SSSR count). The lowest BCUT2D eigenvalue weighted by atomic mass is 10.00. The Morgan fingerprint density at radius 3 is 2.87 bits per heavy atom. The molecule has 1 aromatic carbocycles. The molecule has 0 spiro atoms. The van der Waals surface area contributed by atoms with E-state index in [0.29, 0.717) is 0 Å². The van der Waals surface area contributed by atoms with Gasteiger partial charge in [-0.15, -0.1) is 0 Å². The third-order valence-corrected chi connectivity index (χ3v) is 2.52. The predicted molar refractivity (Wildman–Crippen MR) is 59.1 cm³/mol. The molecule has 3 nitrogen and oxygen atoms in total. The molecular formula is C12H14N2O. The summed E-state index contributed by atoms with van der Waals surface area (Å²) < 4.78 is 1.96. The van der Waals surface area contributed by atoms with Gasteiger partial charge in [0.2, 0.25) is 0 Å². The van der Waals surface area contributed by atoms with Crippen LogP contribution in [0.1, 0.15) is 18.4 Å². The van der Waals surface area contributed by atoms with Gasteiger partial charge in [0, 0.05) is 24.9 Å². The van der Waals surface area contributed by atoms with Crippen LogP contribution in [0.4, 0.5) is 0 Å². The van der Waals surface area contributed by atoms with E-state index in [4.69, 9.17) is 0 Å². The fourth-order valence-electron chi connectivity index (χ4n) is 1.64. The average Bonchev–Trinajstić information content (AvgIpc) is 2.81. The quantitative estimate of drug-likeness (QED) is 0.826. The van der Waals surface area contributed by atoms with Crippen molar-refractivity contribution < 1.29 is 5.11 Å². The Balaban J connectivity index is 2.47. The Bertz CT molecular complexity index is 423. The van der Waals surface area contributed by atoms with Gasteiger partial charge in [0.15, 0.2) is 0 Å². The second-order valence-corrected chi connectivity index (χ2v) is 3.61. The zero-order chi connectivity index (χ0) is 10.7. The number of para-hydroxylation sites is 1. The molecule has 1 atom stereocenters. The number of imidazole rings is 1. The summed E-state index contributed by atoms with van der Waals surface area (Å²) in [6.45, 7) is 2.17. The van der Waals surface area contributed by atoms with Gasteiger partial charge < -0.3 is 9.67 Å². The summed E-state index contributed by atoms with van der Waals surface area (Å²) in [4.78, 5) is 4.03. The van der Waals surface area contributed by atoms with Crippen molar-refractivity contribution in [2.75, 3.05) is 6.61 Å². The third-order valence-electron chi connectivity index (χ3n) is 2.52. The number of hydrogen-bond donors (Lipinski definition) is 1. The van der Waals surface area contributed by atoms with Crippen molar-refractivity contribution in [3.63, 3.8) is 0 Å². The lowest BCUT2D eigenvalue weighted by Crippen LogP contribution is -2.04. The Morgan fingerprint density at radius 2 is 2.20 bits per heavy atom. The molecular weight excluding hydrogens is 188 g/mol. The molecule has 0 aliphatic rings. The van der Waals surface area contributed by atoms with Crippen LogP contribution in [0.2, 0.25) is 0 Å². The zero-order valence-corrected chi connectivity index (χ0v) is 8.67. The maximum Gasteiger partial charge on any atom is 0.0991 e. The smallest absolute Gasteiger partial charge is 0.0991 e. The highest BCUT2D eigenvalue weighted by atomic mass is 16.3. The number of aliphatic hydroxyl groups excluding tert-OH is 1. The Labute approximate surface area is 89.0 Å². The second-order valence-electron chi connectivity index (χ2n) is 3.61. The predicted octanol–water partition coefficient (Wildman–Crippen LogP) is 1.97. The average molecular weight is 202 g/mol. The maximum absolute atomic E-state index is 9.19. The highest BCUT2D eigenvalue weighted by Gasteiger charge is 2.09. The van der Waals surface area contributed by atoms with E-state index in [-0.39, 0.29) is 12.5 Å². The van der Waals surface area contributed by atoms with Crippen molar-refractivity contribution in [2.45, 2.75) is 12.8 Å². The van der Waals surface area contributed by atoms with Crippen LogP contribution in [-0.4, -0.2) is 21.3 Å². The fourth-order valence-corrected chi connectivity index (χ4v) is 1.64. The third kappa shape index (κ3) is 1.92. The van der Waals surface area contributed by atoms with E-state index in [1.807, 2.05) is 42.0 Å².